The summed E-state index contributed by atoms with van der Waals surface area (Å²) in [6.45, 7) is 4.90. The molecular weight excluding hydrogens is 362 g/mol. The number of carboxylic acids is 1. The highest BCUT2D eigenvalue weighted by atomic mass is 79.9. The third kappa shape index (κ3) is 5.55. The molecule has 0 heterocycles. The van der Waals surface area contributed by atoms with E-state index in [0.717, 1.165) is 4.47 Å². The van der Waals surface area contributed by atoms with Crippen molar-refractivity contribution in [1.29, 1.82) is 0 Å². The minimum absolute atomic E-state index is 0.304. The van der Waals surface area contributed by atoms with Crippen molar-refractivity contribution in [2.75, 3.05) is 6.61 Å². The Bertz CT molecular complexity index is 542. The molecule has 0 aliphatic rings. The molecule has 1 aromatic carbocycles. The lowest BCUT2D eigenvalue weighted by atomic mass is 9.87. The van der Waals surface area contributed by atoms with Crippen LogP contribution in [0.1, 0.15) is 20.8 Å². The summed E-state index contributed by atoms with van der Waals surface area (Å²) < 4.78 is 6.08. The molecule has 2 N–H and O–H groups in total. The summed E-state index contributed by atoms with van der Waals surface area (Å²) in [5, 5.41) is 11.9. The van der Waals surface area contributed by atoms with Crippen LogP contribution in [0.5, 0.6) is 5.75 Å². The van der Waals surface area contributed by atoms with Crippen LogP contribution in [0.4, 0.5) is 0 Å². The second-order valence-corrected chi connectivity index (χ2v) is 6.89. The van der Waals surface area contributed by atoms with Crippen LogP contribution in [-0.4, -0.2) is 29.6 Å². The number of hydrogen-bond donors (Lipinski definition) is 2. The molecule has 0 aromatic heterocycles. The maximum Gasteiger partial charge on any atom is 0.326 e. The monoisotopic (exact) mass is 377 g/mol. The van der Waals surface area contributed by atoms with Gasteiger partial charge in [0.25, 0.3) is 5.91 Å². The van der Waals surface area contributed by atoms with Gasteiger partial charge in [-0.1, -0.05) is 48.3 Å². The van der Waals surface area contributed by atoms with Gasteiger partial charge in [-0.15, -0.1) is 0 Å². The fourth-order valence-corrected chi connectivity index (χ4v) is 2.31. The molecule has 0 saturated heterocycles. The number of amides is 1. The summed E-state index contributed by atoms with van der Waals surface area (Å²) in [6.07, 6.45) is 0. The highest BCUT2D eigenvalue weighted by Gasteiger charge is 2.32. The first kappa shape index (κ1) is 17.8. The molecule has 1 amide bonds. The Morgan fingerprint density at radius 3 is 2.52 bits per heavy atom. The van der Waals surface area contributed by atoms with E-state index >= 15 is 0 Å². The van der Waals surface area contributed by atoms with E-state index in [-0.39, 0.29) is 6.61 Å². The molecule has 0 unspecified atom stereocenters. The van der Waals surface area contributed by atoms with Crippen molar-refractivity contribution in [3.63, 3.8) is 0 Å². The van der Waals surface area contributed by atoms with Crippen LogP contribution in [0.15, 0.2) is 22.7 Å². The molecule has 0 aliphatic heterocycles. The average Bonchev–Trinajstić information content (AvgIpc) is 2.33. The van der Waals surface area contributed by atoms with E-state index in [1.807, 2.05) is 0 Å². The van der Waals surface area contributed by atoms with Crippen LogP contribution in [0.2, 0.25) is 5.02 Å². The highest BCUT2D eigenvalue weighted by Crippen LogP contribution is 2.27. The largest absolute Gasteiger partial charge is 0.482 e. The predicted molar refractivity (Wildman–Crippen MR) is 83.7 cm³/mol. The van der Waals surface area contributed by atoms with E-state index in [0.29, 0.717) is 10.8 Å². The summed E-state index contributed by atoms with van der Waals surface area (Å²) in [5.41, 5.74) is -0.600. The van der Waals surface area contributed by atoms with Crippen molar-refractivity contribution in [3.05, 3.63) is 27.7 Å². The zero-order valence-corrected chi connectivity index (χ0v) is 14.3. The van der Waals surface area contributed by atoms with Gasteiger partial charge in [0.1, 0.15) is 11.8 Å². The number of carboxylic acid groups (broad SMARTS) is 1. The van der Waals surface area contributed by atoms with Crippen LogP contribution >= 0.6 is 27.5 Å². The number of hydrogen-bond acceptors (Lipinski definition) is 3. The number of carbonyl (C=O) groups excluding carboxylic acids is 1. The average molecular weight is 379 g/mol. The highest BCUT2D eigenvalue weighted by molar-refractivity contribution is 9.10. The van der Waals surface area contributed by atoms with Crippen LogP contribution < -0.4 is 10.1 Å². The Labute approximate surface area is 136 Å². The van der Waals surface area contributed by atoms with Gasteiger partial charge in [-0.2, -0.15) is 0 Å². The topological polar surface area (TPSA) is 75.6 Å². The molecule has 0 spiro atoms. The number of aliphatic carboxylic acids is 1. The first-order chi connectivity index (χ1) is 9.61. The predicted octanol–water partition coefficient (Wildman–Crippen LogP) is 3.10. The summed E-state index contributed by atoms with van der Waals surface area (Å²) in [5.74, 6) is -1.24. The van der Waals surface area contributed by atoms with Crippen molar-refractivity contribution >= 4 is 39.4 Å². The van der Waals surface area contributed by atoms with E-state index in [9.17, 15) is 9.59 Å². The molecule has 21 heavy (non-hydrogen) atoms. The van der Waals surface area contributed by atoms with Gasteiger partial charge < -0.3 is 15.2 Å². The zero-order valence-electron chi connectivity index (χ0n) is 11.9. The molecule has 5 nitrogen and oxygen atoms in total. The van der Waals surface area contributed by atoms with Crippen molar-refractivity contribution in [2.24, 2.45) is 5.41 Å². The maximum absolute atomic E-state index is 11.8. The second kappa shape index (κ2) is 7.13. The number of ether oxygens (including phenoxy) is 1. The lowest BCUT2D eigenvalue weighted by Crippen LogP contribution is -2.50. The lowest BCUT2D eigenvalue weighted by molar-refractivity contribution is -0.145. The number of halogens is 2. The summed E-state index contributed by atoms with van der Waals surface area (Å²) in [4.78, 5) is 23.0. The van der Waals surface area contributed by atoms with Gasteiger partial charge in [0.15, 0.2) is 6.61 Å². The molecule has 1 atom stereocenters. The number of carbonyl (C=O) groups is 2. The van der Waals surface area contributed by atoms with E-state index in [1.165, 1.54) is 0 Å². The first-order valence-corrected chi connectivity index (χ1v) is 7.38. The maximum atomic E-state index is 11.8. The van der Waals surface area contributed by atoms with Gasteiger partial charge >= 0.3 is 5.97 Å². The Kier molecular flexibility index (Phi) is 6.04. The van der Waals surface area contributed by atoms with E-state index < -0.39 is 23.3 Å². The van der Waals surface area contributed by atoms with Crippen molar-refractivity contribution in [2.45, 2.75) is 26.8 Å². The quantitative estimate of drug-likeness (QED) is 0.825. The van der Waals surface area contributed by atoms with Crippen molar-refractivity contribution in [1.82, 2.24) is 5.32 Å². The van der Waals surface area contributed by atoms with Crippen molar-refractivity contribution < 1.29 is 19.4 Å². The Morgan fingerprint density at radius 2 is 2.05 bits per heavy atom. The Hall–Kier alpha value is -1.27. The fourth-order valence-electron chi connectivity index (χ4n) is 1.59. The van der Waals surface area contributed by atoms with Crippen LogP contribution in [0.3, 0.4) is 0 Å². The van der Waals surface area contributed by atoms with Crippen LogP contribution in [0.25, 0.3) is 0 Å². The third-order valence-electron chi connectivity index (χ3n) is 2.67. The minimum atomic E-state index is -1.09. The van der Waals surface area contributed by atoms with E-state index in [2.05, 4.69) is 21.2 Å². The normalized spacial score (nSPS) is 12.6. The molecule has 7 heteroatoms. The molecule has 116 valence electrons. The fraction of sp³-hybridized carbons (Fsp3) is 0.429. The molecule has 0 aliphatic carbocycles. The Morgan fingerprint density at radius 1 is 1.43 bits per heavy atom. The smallest absolute Gasteiger partial charge is 0.326 e. The lowest BCUT2D eigenvalue weighted by Gasteiger charge is -2.27. The molecule has 0 fully saturated rings. The van der Waals surface area contributed by atoms with Crippen molar-refractivity contribution in [3.8, 4) is 5.75 Å². The molecule has 0 bridgehead atoms. The van der Waals surface area contributed by atoms with Gasteiger partial charge in [0.05, 0.1) is 5.02 Å². The summed E-state index contributed by atoms with van der Waals surface area (Å²) in [6, 6.07) is 4.00. The Balaban J connectivity index is 2.63. The van der Waals surface area contributed by atoms with Gasteiger partial charge in [-0.05, 0) is 23.6 Å². The molecule has 1 rings (SSSR count). The molecular formula is C14H17BrClNO4. The number of benzene rings is 1. The molecule has 0 saturated carbocycles. The van der Waals surface area contributed by atoms with E-state index in [1.54, 1.807) is 39.0 Å². The first-order valence-electron chi connectivity index (χ1n) is 6.21. The van der Waals surface area contributed by atoms with Gasteiger partial charge in [-0.25, -0.2) is 4.79 Å². The second-order valence-electron chi connectivity index (χ2n) is 5.57. The van der Waals surface area contributed by atoms with Gasteiger partial charge in [0, 0.05) is 4.47 Å². The van der Waals surface area contributed by atoms with Crippen LogP contribution in [0, 0.1) is 5.41 Å². The van der Waals surface area contributed by atoms with E-state index in [4.69, 9.17) is 21.4 Å². The minimum Gasteiger partial charge on any atom is -0.482 e. The van der Waals surface area contributed by atoms with Crippen LogP contribution in [-0.2, 0) is 9.59 Å². The zero-order chi connectivity index (χ0) is 16.2. The number of nitrogens with one attached hydrogen (secondary N) is 1. The molecule has 0 radical (unpaired) electrons. The molecule has 1 aromatic rings. The number of rotatable bonds is 5. The summed E-state index contributed by atoms with van der Waals surface area (Å²) in [7, 11) is 0. The van der Waals surface area contributed by atoms with Gasteiger partial charge in [0.2, 0.25) is 0 Å². The summed E-state index contributed by atoms with van der Waals surface area (Å²) >= 11 is 9.22. The standard InChI is InChI=1S/C14H17BrClNO4/c1-14(2,3)12(13(19)20)17-11(18)7-21-10-5-4-8(15)6-9(10)16/h4-6,12H,7H2,1-3H3,(H,17,18)(H,19,20)/t12-/m1/s1. The third-order valence-corrected chi connectivity index (χ3v) is 3.46. The SMILES string of the molecule is CC(C)(C)[C@H](NC(=O)COc1ccc(Br)cc1Cl)C(=O)O. The van der Waals surface area contributed by atoms with Gasteiger partial charge in [-0.3, -0.25) is 4.79 Å².